The zero-order chi connectivity index (χ0) is 10.1. The summed E-state index contributed by atoms with van der Waals surface area (Å²) in [5.74, 6) is 1.49. The van der Waals surface area contributed by atoms with Crippen LogP contribution >= 0.6 is 0 Å². The van der Waals surface area contributed by atoms with Crippen LogP contribution in [0.4, 0.5) is 0 Å². The second-order valence-electron chi connectivity index (χ2n) is 4.71. The lowest BCUT2D eigenvalue weighted by Crippen LogP contribution is -2.16. The van der Waals surface area contributed by atoms with Crippen LogP contribution in [0.2, 0.25) is 0 Å². The highest BCUT2D eigenvalue weighted by atomic mass is 14.7. The van der Waals surface area contributed by atoms with Crippen molar-refractivity contribution in [3.8, 4) is 0 Å². The maximum Gasteiger partial charge on any atom is 0.0410 e. The van der Waals surface area contributed by atoms with E-state index in [1.807, 2.05) is 6.20 Å². The van der Waals surface area contributed by atoms with Gasteiger partial charge in [-0.1, -0.05) is 13.8 Å². The molecule has 0 aliphatic heterocycles. The SMILES string of the molecule is Cc1nccc2c1C(C(C)C)CCC2. The summed E-state index contributed by atoms with van der Waals surface area (Å²) in [5, 5.41) is 0. The molecule has 0 radical (unpaired) electrons. The molecule has 1 unspecified atom stereocenters. The first-order valence-electron chi connectivity index (χ1n) is 5.64. The van der Waals surface area contributed by atoms with Gasteiger partial charge in [0.15, 0.2) is 0 Å². The molecule has 0 N–H and O–H groups in total. The number of aryl methyl sites for hydroxylation is 2. The monoisotopic (exact) mass is 189 g/mol. The smallest absolute Gasteiger partial charge is 0.0410 e. The zero-order valence-corrected chi connectivity index (χ0v) is 9.38. The van der Waals surface area contributed by atoms with Gasteiger partial charge in [-0.25, -0.2) is 0 Å². The molecule has 1 atom stereocenters. The third-order valence-electron chi connectivity index (χ3n) is 3.42. The number of hydrogen-bond acceptors (Lipinski definition) is 1. The molecular weight excluding hydrogens is 170 g/mol. The van der Waals surface area contributed by atoms with Crippen LogP contribution in [0, 0.1) is 12.8 Å². The Balaban J connectivity index is 2.47. The molecule has 1 aromatic heterocycles. The second-order valence-corrected chi connectivity index (χ2v) is 4.71. The van der Waals surface area contributed by atoms with E-state index in [4.69, 9.17) is 0 Å². The molecule has 0 bridgehead atoms. The summed E-state index contributed by atoms with van der Waals surface area (Å²) in [7, 11) is 0. The Morgan fingerprint density at radius 1 is 1.43 bits per heavy atom. The van der Waals surface area contributed by atoms with Crippen LogP contribution in [0.1, 0.15) is 49.4 Å². The molecule has 1 aliphatic carbocycles. The van der Waals surface area contributed by atoms with Crippen LogP contribution in [-0.2, 0) is 6.42 Å². The molecule has 1 heteroatoms. The van der Waals surface area contributed by atoms with Crippen LogP contribution in [-0.4, -0.2) is 4.98 Å². The molecule has 14 heavy (non-hydrogen) atoms. The number of fused-ring (bicyclic) bond motifs is 1. The summed E-state index contributed by atoms with van der Waals surface area (Å²) in [6.07, 6.45) is 5.90. The zero-order valence-electron chi connectivity index (χ0n) is 9.38. The summed E-state index contributed by atoms with van der Waals surface area (Å²) in [6.45, 7) is 6.80. The van der Waals surface area contributed by atoms with Gasteiger partial charge in [-0.2, -0.15) is 0 Å². The van der Waals surface area contributed by atoms with Crippen molar-refractivity contribution < 1.29 is 0 Å². The van der Waals surface area contributed by atoms with Crippen molar-refractivity contribution in [3.05, 3.63) is 29.1 Å². The second kappa shape index (κ2) is 3.72. The summed E-state index contributed by atoms with van der Waals surface area (Å²) >= 11 is 0. The van der Waals surface area contributed by atoms with Gasteiger partial charge < -0.3 is 0 Å². The first-order valence-corrected chi connectivity index (χ1v) is 5.64. The average Bonchev–Trinajstić information content (AvgIpc) is 2.17. The lowest BCUT2D eigenvalue weighted by atomic mass is 9.76. The van der Waals surface area contributed by atoms with E-state index in [2.05, 4.69) is 31.8 Å². The lowest BCUT2D eigenvalue weighted by molar-refractivity contribution is 0.430. The maximum absolute atomic E-state index is 4.43. The molecule has 0 aromatic carbocycles. The fraction of sp³-hybridized carbons (Fsp3) is 0.615. The molecule has 0 saturated heterocycles. The molecule has 1 aliphatic rings. The molecule has 1 nitrogen and oxygen atoms in total. The molecule has 0 amide bonds. The fourth-order valence-electron chi connectivity index (χ4n) is 2.68. The van der Waals surface area contributed by atoms with E-state index in [1.165, 1.54) is 25.0 Å². The molecule has 1 aromatic rings. The minimum absolute atomic E-state index is 0.743. The molecular formula is C13H19N. The van der Waals surface area contributed by atoms with E-state index in [0.29, 0.717) is 0 Å². The van der Waals surface area contributed by atoms with E-state index < -0.39 is 0 Å². The normalized spacial score (nSPS) is 21.0. The van der Waals surface area contributed by atoms with Crippen LogP contribution < -0.4 is 0 Å². The Bertz CT molecular complexity index is 328. The van der Waals surface area contributed by atoms with Crippen molar-refractivity contribution in [2.75, 3.05) is 0 Å². The third-order valence-corrected chi connectivity index (χ3v) is 3.42. The van der Waals surface area contributed by atoms with Crippen molar-refractivity contribution in [1.29, 1.82) is 0 Å². The minimum Gasteiger partial charge on any atom is -0.261 e. The van der Waals surface area contributed by atoms with Gasteiger partial charge in [0.05, 0.1) is 0 Å². The van der Waals surface area contributed by atoms with Gasteiger partial charge in [-0.15, -0.1) is 0 Å². The van der Waals surface area contributed by atoms with Crippen molar-refractivity contribution >= 4 is 0 Å². The predicted molar refractivity (Wildman–Crippen MR) is 59.5 cm³/mol. The average molecular weight is 189 g/mol. The first kappa shape index (κ1) is 9.70. The summed E-state index contributed by atoms with van der Waals surface area (Å²) in [6, 6.07) is 2.21. The Morgan fingerprint density at radius 2 is 2.21 bits per heavy atom. The molecule has 2 rings (SSSR count). The predicted octanol–water partition coefficient (Wildman–Crippen LogP) is 3.47. The van der Waals surface area contributed by atoms with Crippen molar-refractivity contribution in [2.24, 2.45) is 5.92 Å². The van der Waals surface area contributed by atoms with Crippen LogP contribution in [0.5, 0.6) is 0 Å². The molecule has 0 spiro atoms. The lowest BCUT2D eigenvalue weighted by Gasteiger charge is -2.29. The van der Waals surface area contributed by atoms with E-state index >= 15 is 0 Å². The molecule has 0 saturated carbocycles. The number of nitrogens with zero attached hydrogens (tertiary/aromatic N) is 1. The Hall–Kier alpha value is -0.850. The standard InChI is InChI=1S/C13H19N/c1-9(2)12-6-4-5-11-7-8-14-10(3)13(11)12/h7-9,12H,4-6H2,1-3H3. The Kier molecular flexibility index (Phi) is 2.58. The maximum atomic E-state index is 4.43. The van der Waals surface area contributed by atoms with Gasteiger partial charge in [0, 0.05) is 11.9 Å². The van der Waals surface area contributed by atoms with E-state index in [-0.39, 0.29) is 0 Å². The van der Waals surface area contributed by atoms with Crippen LogP contribution in [0.15, 0.2) is 12.3 Å². The highest BCUT2D eigenvalue weighted by Crippen LogP contribution is 2.37. The summed E-state index contributed by atoms with van der Waals surface area (Å²) in [4.78, 5) is 4.43. The summed E-state index contributed by atoms with van der Waals surface area (Å²) < 4.78 is 0. The largest absolute Gasteiger partial charge is 0.261 e. The number of pyridine rings is 1. The molecule has 0 fully saturated rings. The van der Waals surface area contributed by atoms with Gasteiger partial charge in [0.2, 0.25) is 0 Å². The molecule has 76 valence electrons. The number of hydrogen-bond donors (Lipinski definition) is 0. The molecule has 1 heterocycles. The van der Waals surface area contributed by atoms with Crippen LogP contribution in [0.3, 0.4) is 0 Å². The number of rotatable bonds is 1. The Morgan fingerprint density at radius 3 is 2.93 bits per heavy atom. The van der Waals surface area contributed by atoms with E-state index in [0.717, 1.165) is 11.8 Å². The summed E-state index contributed by atoms with van der Waals surface area (Å²) in [5.41, 5.74) is 4.34. The van der Waals surface area contributed by atoms with Crippen molar-refractivity contribution in [2.45, 2.75) is 46.0 Å². The van der Waals surface area contributed by atoms with E-state index in [9.17, 15) is 0 Å². The Labute approximate surface area is 86.6 Å². The fourth-order valence-corrected chi connectivity index (χ4v) is 2.68. The highest BCUT2D eigenvalue weighted by molar-refractivity contribution is 5.35. The van der Waals surface area contributed by atoms with Gasteiger partial charge in [0.1, 0.15) is 0 Å². The van der Waals surface area contributed by atoms with Gasteiger partial charge in [-0.3, -0.25) is 4.98 Å². The van der Waals surface area contributed by atoms with Gasteiger partial charge in [0.25, 0.3) is 0 Å². The quantitative estimate of drug-likeness (QED) is 0.659. The minimum atomic E-state index is 0.743. The van der Waals surface area contributed by atoms with E-state index in [1.54, 1.807) is 11.1 Å². The number of aromatic nitrogens is 1. The van der Waals surface area contributed by atoms with Gasteiger partial charge in [-0.05, 0) is 55.2 Å². The van der Waals surface area contributed by atoms with Crippen molar-refractivity contribution in [3.63, 3.8) is 0 Å². The third kappa shape index (κ3) is 1.56. The van der Waals surface area contributed by atoms with Gasteiger partial charge >= 0.3 is 0 Å². The van der Waals surface area contributed by atoms with Crippen molar-refractivity contribution in [1.82, 2.24) is 4.98 Å². The van der Waals surface area contributed by atoms with Crippen LogP contribution in [0.25, 0.3) is 0 Å². The first-order chi connectivity index (χ1) is 6.70. The highest BCUT2D eigenvalue weighted by Gasteiger charge is 2.24. The topological polar surface area (TPSA) is 12.9 Å².